The summed E-state index contributed by atoms with van der Waals surface area (Å²) in [7, 11) is 1.69. The van der Waals surface area contributed by atoms with Crippen LogP contribution in [0.15, 0.2) is 72.8 Å². The van der Waals surface area contributed by atoms with Gasteiger partial charge >= 0.3 is 0 Å². The maximum Gasteiger partial charge on any atom is 0.119 e. The Morgan fingerprint density at radius 2 is 1.46 bits per heavy atom. The summed E-state index contributed by atoms with van der Waals surface area (Å²) in [6.07, 6.45) is 0. The van der Waals surface area contributed by atoms with E-state index in [1.54, 1.807) is 19.2 Å². The largest absolute Gasteiger partial charge is 0.508 e. The normalized spacial score (nSPS) is 12.5. The van der Waals surface area contributed by atoms with Gasteiger partial charge in [-0.2, -0.15) is 0 Å². The van der Waals surface area contributed by atoms with Crippen LogP contribution in [0.2, 0.25) is 0 Å². The summed E-state index contributed by atoms with van der Waals surface area (Å²) in [5.74, 6) is 1.12. The van der Waals surface area contributed by atoms with Gasteiger partial charge in [-0.15, -0.1) is 0 Å². The third-order valence-electron chi connectivity index (χ3n) is 4.92. The first-order valence-electron chi connectivity index (χ1n) is 9.56. The molecule has 3 aromatic carbocycles. The number of phenolic OH excluding ortho intramolecular Hbond substituents is 1. The van der Waals surface area contributed by atoms with Crippen molar-refractivity contribution in [1.29, 1.82) is 0 Å². The minimum absolute atomic E-state index is 0.0824. The molecule has 3 aromatic rings. The molecule has 2 heteroatoms. The highest BCUT2D eigenvalue weighted by Gasteiger charge is 2.25. The van der Waals surface area contributed by atoms with Crippen LogP contribution < -0.4 is 4.74 Å². The zero-order valence-corrected chi connectivity index (χ0v) is 17.3. The van der Waals surface area contributed by atoms with Crippen LogP contribution in [0.3, 0.4) is 0 Å². The van der Waals surface area contributed by atoms with Crippen molar-refractivity contribution >= 4 is 11.1 Å². The van der Waals surface area contributed by atoms with Gasteiger partial charge in [0.1, 0.15) is 11.5 Å². The van der Waals surface area contributed by atoms with Crippen molar-refractivity contribution in [2.45, 2.75) is 27.7 Å². The summed E-state index contributed by atoms with van der Waals surface area (Å²) in [6, 6.07) is 24.2. The summed E-state index contributed by atoms with van der Waals surface area (Å²) in [5, 5.41) is 9.81. The molecule has 0 unspecified atom stereocenters. The van der Waals surface area contributed by atoms with Gasteiger partial charge in [-0.1, -0.05) is 69.3 Å². The van der Waals surface area contributed by atoms with E-state index in [4.69, 9.17) is 4.74 Å². The molecule has 0 saturated carbocycles. The molecule has 0 aliphatic carbocycles. The Morgan fingerprint density at radius 3 is 2.00 bits per heavy atom. The number of hydrogen-bond acceptors (Lipinski definition) is 2. The molecule has 0 saturated heterocycles. The van der Waals surface area contributed by atoms with E-state index in [0.29, 0.717) is 0 Å². The number of aromatic hydroxyl groups is 1. The third kappa shape index (κ3) is 4.12. The molecular weight excluding hydrogens is 344 g/mol. The molecule has 0 aliphatic heterocycles. The minimum atomic E-state index is -0.0824. The van der Waals surface area contributed by atoms with Crippen LogP contribution in [-0.4, -0.2) is 12.2 Å². The van der Waals surface area contributed by atoms with E-state index < -0.39 is 0 Å². The molecule has 144 valence electrons. The molecular formula is C26H28O2. The number of ether oxygens (including phenoxy) is 1. The van der Waals surface area contributed by atoms with Gasteiger partial charge in [0.25, 0.3) is 0 Å². The van der Waals surface area contributed by atoms with Gasteiger partial charge in [0.15, 0.2) is 0 Å². The van der Waals surface area contributed by atoms with Gasteiger partial charge in [0.05, 0.1) is 7.11 Å². The van der Waals surface area contributed by atoms with Crippen LogP contribution in [0, 0.1) is 12.3 Å². The highest BCUT2D eigenvalue weighted by Crippen LogP contribution is 2.44. The highest BCUT2D eigenvalue weighted by molar-refractivity contribution is 6.01. The predicted molar refractivity (Wildman–Crippen MR) is 118 cm³/mol. The highest BCUT2D eigenvalue weighted by atomic mass is 16.5. The average molecular weight is 373 g/mol. The molecule has 28 heavy (non-hydrogen) atoms. The molecule has 0 atom stereocenters. The fraction of sp³-hybridized carbons (Fsp3) is 0.231. The summed E-state index contributed by atoms with van der Waals surface area (Å²) in [6.45, 7) is 8.85. The summed E-state index contributed by atoms with van der Waals surface area (Å²) in [5.41, 5.74) is 6.97. The van der Waals surface area contributed by atoms with Crippen LogP contribution in [0.5, 0.6) is 11.5 Å². The summed E-state index contributed by atoms with van der Waals surface area (Å²) < 4.78 is 5.41. The quantitative estimate of drug-likeness (QED) is 0.515. The van der Waals surface area contributed by atoms with Crippen molar-refractivity contribution in [3.8, 4) is 11.5 Å². The van der Waals surface area contributed by atoms with Crippen LogP contribution in [0.25, 0.3) is 11.1 Å². The maximum atomic E-state index is 9.81. The lowest BCUT2D eigenvalue weighted by Gasteiger charge is -2.29. The van der Waals surface area contributed by atoms with E-state index >= 15 is 0 Å². The molecule has 2 nitrogen and oxygen atoms in total. The number of benzene rings is 3. The predicted octanol–water partition coefficient (Wildman–Crippen LogP) is 6.71. The Morgan fingerprint density at radius 1 is 0.821 bits per heavy atom. The van der Waals surface area contributed by atoms with Crippen molar-refractivity contribution < 1.29 is 9.84 Å². The second-order valence-corrected chi connectivity index (χ2v) is 8.09. The lowest BCUT2D eigenvalue weighted by molar-refractivity contribution is 0.414. The fourth-order valence-electron chi connectivity index (χ4n) is 3.66. The smallest absolute Gasteiger partial charge is 0.119 e. The minimum Gasteiger partial charge on any atom is -0.508 e. The van der Waals surface area contributed by atoms with Crippen LogP contribution in [0.1, 0.15) is 43.0 Å². The standard InChI is InChI=1S/C26H28O2/c1-18-17-22(28-5)15-16-23(18)24(19-11-13-21(27)14-12-19)25(26(2,3)4)20-9-7-6-8-10-20/h6-17,27H,1-5H3/b25-24-. The van der Waals surface area contributed by atoms with Gasteiger partial charge in [-0.25, -0.2) is 0 Å². The number of hydrogen-bond donors (Lipinski definition) is 1. The van der Waals surface area contributed by atoms with E-state index in [2.05, 4.69) is 64.1 Å². The second kappa shape index (κ2) is 7.93. The molecule has 0 radical (unpaired) electrons. The topological polar surface area (TPSA) is 29.5 Å². The molecule has 1 N–H and O–H groups in total. The van der Waals surface area contributed by atoms with E-state index in [0.717, 1.165) is 16.9 Å². The number of phenols is 1. The van der Waals surface area contributed by atoms with Gasteiger partial charge in [0.2, 0.25) is 0 Å². The fourth-order valence-corrected chi connectivity index (χ4v) is 3.66. The van der Waals surface area contributed by atoms with Crippen LogP contribution in [0.4, 0.5) is 0 Å². The second-order valence-electron chi connectivity index (χ2n) is 8.09. The van der Waals surface area contributed by atoms with E-state index in [-0.39, 0.29) is 11.2 Å². The Bertz CT molecular complexity index is 975. The number of rotatable bonds is 4. The van der Waals surface area contributed by atoms with Crippen LogP contribution in [-0.2, 0) is 0 Å². The summed E-state index contributed by atoms with van der Waals surface area (Å²) in [4.78, 5) is 0. The molecule has 0 amide bonds. The Labute approximate surface area is 168 Å². The number of aryl methyl sites for hydroxylation is 1. The summed E-state index contributed by atoms with van der Waals surface area (Å²) >= 11 is 0. The molecule has 3 rings (SSSR count). The van der Waals surface area contributed by atoms with Gasteiger partial charge in [-0.3, -0.25) is 0 Å². The first kappa shape index (κ1) is 19.8. The molecule has 0 spiro atoms. The van der Waals surface area contributed by atoms with Gasteiger partial charge in [-0.05, 0) is 70.0 Å². The Kier molecular flexibility index (Phi) is 5.60. The molecule has 0 bridgehead atoms. The van der Waals surface area contributed by atoms with Crippen molar-refractivity contribution in [1.82, 2.24) is 0 Å². The number of allylic oxidation sites excluding steroid dienone is 1. The Balaban J connectivity index is 2.40. The molecule has 0 aromatic heterocycles. The maximum absolute atomic E-state index is 9.81. The van der Waals surface area contributed by atoms with Crippen molar-refractivity contribution in [3.63, 3.8) is 0 Å². The lowest BCUT2D eigenvalue weighted by Crippen LogP contribution is -2.12. The Hall–Kier alpha value is -3.00. The molecule has 0 fully saturated rings. The molecule has 0 aliphatic rings. The van der Waals surface area contributed by atoms with Crippen molar-refractivity contribution in [2.24, 2.45) is 5.41 Å². The number of methoxy groups -OCH3 is 1. The van der Waals surface area contributed by atoms with Crippen LogP contribution >= 0.6 is 0 Å². The van der Waals surface area contributed by atoms with Crippen molar-refractivity contribution in [3.05, 3.63) is 95.1 Å². The lowest BCUT2D eigenvalue weighted by atomic mass is 9.75. The third-order valence-corrected chi connectivity index (χ3v) is 4.92. The molecule has 0 heterocycles. The van der Waals surface area contributed by atoms with E-state index in [1.807, 2.05) is 24.3 Å². The average Bonchev–Trinajstić information content (AvgIpc) is 2.67. The zero-order chi connectivity index (χ0) is 20.3. The first-order valence-corrected chi connectivity index (χ1v) is 9.56. The first-order chi connectivity index (χ1) is 13.3. The van der Waals surface area contributed by atoms with Gasteiger partial charge in [0, 0.05) is 0 Å². The van der Waals surface area contributed by atoms with Crippen molar-refractivity contribution in [2.75, 3.05) is 7.11 Å². The van der Waals surface area contributed by atoms with E-state index in [9.17, 15) is 5.11 Å². The monoisotopic (exact) mass is 372 g/mol. The zero-order valence-electron chi connectivity index (χ0n) is 17.3. The van der Waals surface area contributed by atoms with E-state index in [1.165, 1.54) is 22.3 Å². The van der Waals surface area contributed by atoms with Gasteiger partial charge < -0.3 is 9.84 Å². The SMILES string of the molecule is COc1ccc(/C(=C(/c2ccccc2)C(C)(C)C)c2ccc(O)cc2)c(C)c1.